The van der Waals surface area contributed by atoms with Gasteiger partial charge in [-0.2, -0.15) is 0 Å². The monoisotopic (exact) mass is 325 g/mol. The van der Waals surface area contributed by atoms with E-state index in [1.54, 1.807) is 12.1 Å². The van der Waals surface area contributed by atoms with E-state index in [-0.39, 0.29) is 25.0 Å². The highest BCUT2D eigenvalue weighted by atomic mass is 16.5. The first-order valence-electron chi connectivity index (χ1n) is 7.69. The molecule has 1 atom stereocenters. The molecule has 0 radical (unpaired) electrons. The molecule has 1 aromatic carbocycles. The third-order valence-corrected chi connectivity index (χ3v) is 3.05. The van der Waals surface area contributed by atoms with E-state index in [0.29, 0.717) is 12.2 Å². The molecular formula is C17H27NO5. The summed E-state index contributed by atoms with van der Waals surface area (Å²) in [5, 5.41) is 18.5. The Hall–Kier alpha value is -2.08. The smallest absolute Gasteiger partial charge is 0.303 e. The van der Waals surface area contributed by atoms with Gasteiger partial charge in [0.1, 0.15) is 5.75 Å². The van der Waals surface area contributed by atoms with E-state index in [0.717, 1.165) is 25.5 Å². The van der Waals surface area contributed by atoms with E-state index < -0.39 is 5.97 Å². The van der Waals surface area contributed by atoms with Crippen LogP contribution < -0.4 is 10.1 Å². The van der Waals surface area contributed by atoms with Crippen molar-refractivity contribution in [1.29, 1.82) is 0 Å². The average Bonchev–Trinajstić information content (AvgIpc) is 2.54. The molecule has 130 valence electrons. The lowest BCUT2D eigenvalue weighted by Crippen LogP contribution is -2.35. The van der Waals surface area contributed by atoms with Crippen molar-refractivity contribution in [2.75, 3.05) is 13.7 Å². The lowest BCUT2D eigenvalue weighted by atomic mass is 10.1. The van der Waals surface area contributed by atoms with E-state index in [2.05, 4.69) is 12.2 Å². The Labute approximate surface area is 137 Å². The number of aliphatic hydroxyl groups excluding tert-OH is 1. The minimum absolute atomic E-state index is 0.0114. The standard InChI is InChI=1S/C16H23NO4.CH4O/c1-3-4-12(2)17-15(18)11-21-14-8-5-13(6-9-14)7-10-16(19)20;1-2/h5-6,8-9,12H,3-4,7,10-11H2,1-2H3,(H,17,18)(H,19,20);2H,1H3. The molecule has 1 rings (SSSR count). The van der Waals surface area contributed by atoms with Gasteiger partial charge in [0.25, 0.3) is 5.91 Å². The lowest BCUT2D eigenvalue weighted by molar-refractivity contribution is -0.137. The number of nitrogens with one attached hydrogen (secondary N) is 1. The van der Waals surface area contributed by atoms with Gasteiger partial charge in [0.15, 0.2) is 6.61 Å². The topological polar surface area (TPSA) is 95.9 Å². The number of hydrogen-bond acceptors (Lipinski definition) is 4. The van der Waals surface area contributed by atoms with Crippen LogP contribution in [-0.4, -0.2) is 41.8 Å². The summed E-state index contributed by atoms with van der Waals surface area (Å²) < 4.78 is 5.40. The summed E-state index contributed by atoms with van der Waals surface area (Å²) in [5.74, 6) is -0.341. The fourth-order valence-corrected chi connectivity index (χ4v) is 1.97. The molecule has 0 fully saturated rings. The van der Waals surface area contributed by atoms with Gasteiger partial charge >= 0.3 is 5.97 Å². The summed E-state index contributed by atoms with van der Waals surface area (Å²) in [6.07, 6.45) is 2.58. The number of carbonyl (C=O) groups is 2. The number of benzene rings is 1. The fraction of sp³-hybridized carbons (Fsp3) is 0.529. The Morgan fingerprint density at radius 3 is 2.35 bits per heavy atom. The summed E-state index contributed by atoms with van der Waals surface area (Å²) in [6.45, 7) is 4.03. The van der Waals surface area contributed by atoms with Gasteiger partial charge < -0.3 is 20.3 Å². The van der Waals surface area contributed by atoms with E-state index in [1.807, 2.05) is 19.1 Å². The zero-order chi connectivity index (χ0) is 17.7. The van der Waals surface area contributed by atoms with Crippen LogP contribution in [0.2, 0.25) is 0 Å². The molecule has 0 spiro atoms. The lowest BCUT2D eigenvalue weighted by Gasteiger charge is -2.13. The Morgan fingerprint density at radius 1 is 1.22 bits per heavy atom. The Morgan fingerprint density at radius 2 is 1.83 bits per heavy atom. The zero-order valence-corrected chi connectivity index (χ0v) is 14.0. The van der Waals surface area contributed by atoms with Crippen LogP contribution >= 0.6 is 0 Å². The van der Waals surface area contributed by atoms with Gasteiger partial charge in [-0.1, -0.05) is 25.5 Å². The number of amides is 1. The van der Waals surface area contributed by atoms with Crippen molar-refractivity contribution < 1.29 is 24.5 Å². The molecule has 0 heterocycles. The first kappa shape index (κ1) is 20.9. The quantitative estimate of drug-likeness (QED) is 0.645. The SMILES string of the molecule is CCCC(C)NC(=O)COc1ccc(CCC(=O)O)cc1.CO. The number of aryl methyl sites for hydroxylation is 1. The first-order chi connectivity index (χ1) is 11.0. The second-order valence-electron chi connectivity index (χ2n) is 5.08. The Kier molecular flexibility index (Phi) is 11.3. The number of rotatable bonds is 9. The van der Waals surface area contributed by atoms with Crippen LogP contribution in [0.4, 0.5) is 0 Å². The summed E-state index contributed by atoms with van der Waals surface area (Å²) in [6, 6.07) is 7.29. The van der Waals surface area contributed by atoms with Crippen LogP contribution in [0.25, 0.3) is 0 Å². The van der Waals surface area contributed by atoms with Gasteiger partial charge in [-0.25, -0.2) is 0 Å². The van der Waals surface area contributed by atoms with Gasteiger partial charge in [-0.15, -0.1) is 0 Å². The number of hydrogen-bond donors (Lipinski definition) is 3. The molecule has 0 bridgehead atoms. The Balaban J connectivity index is 0.00000232. The van der Waals surface area contributed by atoms with Crippen molar-refractivity contribution in [3.63, 3.8) is 0 Å². The largest absolute Gasteiger partial charge is 0.484 e. The highest BCUT2D eigenvalue weighted by Gasteiger charge is 2.07. The van der Waals surface area contributed by atoms with Crippen LogP contribution in [-0.2, 0) is 16.0 Å². The molecule has 1 amide bonds. The van der Waals surface area contributed by atoms with E-state index in [9.17, 15) is 9.59 Å². The van der Waals surface area contributed by atoms with E-state index in [4.69, 9.17) is 14.9 Å². The number of carboxylic acid groups (broad SMARTS) is 1. The normalized spacial score (nSPS) is 11.0. The second kappa shape index (κ2) is 12.5. The molecule has 0 aromatic heterocycles. The van der Waals surface area contributed by atoms with Crippen LogP contribution in [0.5, 0.6) is 5.75 Å². The van der Waals surface area contributed by atoms with Crippen LogP contribution in [0, 0.1) is 0 Å². The molecule has 0 saturated heterocycles. The molecule has 23 heavy (non-hydrogen) atoms. The molecule has 1 aromatic rings. The highest BCUT2D eigenvalue weighted by molar-refractivity contribution is 5.77. The van der Waals surface area contributed by atoms with Crippen molar-refractivity contribution in [1.82, 2.24) is 5.32 Å². The van der Waals surface area contributed by atoms with Crippen molar-refractivity contribution in [3.8, 4) is 5.75 Å². The maximum absolute atomic E-state index is 11.6. The van der Waals surface area contributed by atoms with Gasteiger partial charge in [0.05, 0.1) is 0 Å². The van der Waals surface area contributed by atoms with Crippen molar-refractivity contribution in [2.45, 2.75) is 45.6 Å². The average molecular weight is 325 g/mol. The minimum Gasteiger partial charge on any atom is -0.484 e. The maximum atomic E-state index is 11.6. The highest BCUT2D eigenvalue weighted by Crippen LogP contribution is 2.13. The molecule has 0 aliphatic rings. The van der Waals surface area contributed by atoms with Crippen LogP contribution in [0.15, 0.2) is 24.3 Å². The zero-order valence-electron chi connectivity index (χ0n) is 14.0. The summed E-state index contributed by atoms with van der Waals surface area (Å²) in [7, 11) is 1.00. The molecule has 0 aliphatic heterocycles. The number of aliphatic carboxylic acids is 1. The summed E-state index contributed by atoms with van der Waals surface area (Å²) >= 11 is 0. The fourth-order valence-electron chi connectivity index (χ4n) is 1.97. The summed E-state index contributed by atoms with van der Waals surface area (Å²) in [5.41, 5.74) is 0.936. The van der Waals surface area contributed by atoms with Crippen LogP contribution in [0.3, 0.4) is 0 Å². The molecule has 6 heteroatoms. The Bertz CT molecular complexity index is 459. The van der Waals surface area contributed by atoms with Crippen LogP contribution in [0.1, 0.15) is 38.7 Å². The maximum Gasteiger partial charge on any atom is 0.303 e. The molecule has 1 unspecified atom stereocenters. The third-order valence-electron chi connectivity index (χ3n) is 3.05. The van der Waals surface area contributed by atoms with Gasteiger partial charge in [-0.05, 0) is 37.5 Å². The van der Waals surface area contributed by atoms with Crippen molar-refractivity contribution in [3.05, 3.63) is 29.8 Å². The number of ether oxygens (including phenoxy) is 1. The van der Waals surface area contributed by atoms with Gasteiger partial charge in [-0.3, -0.25) is 9.59 Å². The first-order valence-corrected chi connectivity index (χ1v) is 7.69. The predicted molar refractivity (Wildman–Crippen MR) is 88.5 cm³/mol. The third kappa shape index (κ3) is 10.3. The van der Waals surface area contributed by atoms with E-state index >= 15 is 0 Å². The molecule has 6 nitrogen and oxygen atoms in total. The number of aliphatic hydroxyl groups is 1. The van der Waals surface area contributed by atoms with Crippen molar-refractivity contribution >= 4 is 11.9 Å². The molecule has 0 saturated carbocycles. The summed E-state index contributed by atoms with van der Waals surface area (Å²) in [4.78, 5) is 22.1. The second-order valence-corrected chi connectivity index (χ2v) is 5.08. The molecule has 3 N–H and O–H groups in total. The molecule has 0 aliphatic carbocycles. The minimum atomic E-state index is -0.812. The number of carboxylic acids is 1. The van der Waals surface area contributed by atoms with E-state index in [1.165, 1.54) is 0 Å². The van der Waals surface area contributed by atoms with Gasteiger partial charge in [0.2, 0.25) is 0 Å². The molecular weight excluding hydrogens is 298 g/mol. The van der Waals surface area contributed by atoms with Gasteiger partial charge in [0, 0.05) is 19.6 Å². The number of carbonyl (C=O) groups excluding carboxylic acids is 1. The van der Waals surface area contributed by atoms with Crippen molar-refractivity contribution in [2.24, 2.45) is 0 Å². The predicted octanol–water partition coefficient (Wildman–Crippen LogP) is 2.00.